The highest BCUT2D eigenvalue weighted by Gasteiger charge is 2.12. The SMILES string of the molecule is CCCOc1ccc(C(NC)c2ccc(C)c(Br)c2)cc1. The van der Waals surface area contributed by atoms with E-state index in [1.54, 1.807) is 0 Å². The molecule has 0 radical (unpaired) electrons. The van der Waals surface area contributed by atoms with Crippen LogP contribution in [0.3, 0.4) is 0 Å². The molecule has 0 spiro atoms. The summed E-state index contributed by atoms with van der Waals surface area (Å²) in [5.41, 5.74) is 3.73. The zero-order valence-electron chi connectivity index (χ0n) is 12.8. The van der Waals surface area contributed by atoms with Crippen LogP contribution in [-0.4, -0.2) is 13.7 Å². The molecule has 1 atom stereocenters. The van der Waals surface area contributed by atoms with Gasteiger partial charge in [-0.05, 0) is 55.3 Å². The molecule has 1 unspecified atom stereocenters. The van der Waals surface area contributed by atoms with Crippen LogP contribution in [0, 0.1) is 6.92 Å². The molecule has 0 aliphatic rings. The second-order valence-electron chi connectivity index (χ2n) is 5.15. The molecular formula is C18H22BrNO. The number of aryl methyl sites for hydroxylation is 1. The molecule has 0 saturated carbocycles. The molecule has 1 N–H and O–H groups in total. The predicted molar refractivity (Wildman–Crippen MR) is 92.0 cm³/mol. The van der Waals surface area contributed by atoms with Crippen molar-refractivity contribution in [3.8, 4) is 5.75 Å². The summed E-state index contributed by atoms with van der Waals surface area (Å²) in [5, 5.41) is 3.38. The molecule has 0 aliphatic heterocycles. The number of halogens is 1. The maximum atomic E-state index is 5.64. The topological polar surface area (TPSA) is 21.3 Å². The fourth-order valence-corrected chi connectivity index (χ4v) is 2.69. The van der Waals surface area contributed by atoms with Crippen LogP contribution in [-0.2, 0) is 0 Å². The van der Waals surface area contributed by atoms with Gasteiger partial charge in [0.2, 0.25) is 0 Å². The van der Waals surface area contributed by atoms with Crippen molar-refractivity contribution in [3.05, 3.63) is 63.6 Å². The molecule has 0 amide bonds. The average Bonchev–Trinajstić information content (AvgIpc) is 2.50. The first-order valence-electron chi connectivity index (χ1n) is 7.31. The number of hydrogen-bond acceptors (Lipinski definition) is 2. The van der Waals surface area contributed by atoms with E-state index in [0.717, 1.165) is 23.2 Å². The van der Waals surface area contributed by atoms with Crippen molar-refractivity contribution < 1.29 is 4.74 Å². The summed E-state index contributed by atoms with van der Waals surface area (Å²) in [6, 6.07) is 15.0. The van der Waals surface area contributed by atoms with Crippen LogP contribution in [0.2, 0.25) is 0 Å². The van der Waals surface area contributed by atoms with Gasteiger partial charge in [0.1, 0.15) is 5.75 Å². The average molecular weight is 348 g/mol. The van der Waals surface area contributed by atoms with E-state index in [-0.39, 0.29) is 6.04 Å². The van der Waals surface area contributed by atoms with Crippen LogP contribution < -0.4 is 10.1 Å². The number of ether oxygens (including phenoxy) is 1. The zero-order valence-corrected chi connectivity index (χ0v) is 14.4. The van der Waals surface area contributed by atoms with Gasteiger partial charge in [-0.15, -0.1) is 0 Å². The standard InChI is InChI=1S/C18H22BrNO/c1-4-11-21-16-9-7-14(8-10-16)18(20-3)15-6-5-13(2)17(19)12-15/h5-10,12,18,20H,4,11H2,1-3H3. The summed E-state index contributed by atoms with van der Waals surface area (Å²) in [7, 11) is 1.99. The lowest BCUT2D eigenvalue weighted by Gasteiger charge is -2.18. The highest BCUT2D eigenvalue weighted by Crippen LogP contribution is 2.27. The van der Waals surface area contributed by atoms with E-state index in [1.165, 1.54) is 16.7 Å². The van der Waals surface area contributed by atoms with Gasteiger partial charge in [-0.2, -0.15) is 0 Å². The number of hydrogen-bond donors (Lipinski definition) is 1. The molecule has 0 aromatic heterocycles. The van der Waals surface area contributed by atoms with E-state index < -0.39 is 0 Å². The summed E-state index contributed by atoms with van der Waals surface area (Å²) in [6.45, 7) is 4.97. The normalized spacial score (nSPS) is 12.2. The monoisotopic (exact) mass is 347 g/mol. The Morgan fingerprint density at radius 2 is 1.76 bits per heavy atom. The van der Waals surface area contributed by atoms with Crippen LogP contribution in [0.5, 0.6) is 5.75 Å². The second-order valence-corrected chi connectivity index (χ2v) is 6.00. The van der Waals surface area contributed by atoms with E-state index in [1.807, 2.05) is 19.2 Å². The van der Waals surface area contributed by atoms with E-state index in [0.29, 0.717) is 0 Å². The quantitative estimate of drug-likeness (QED) is 0.805. The van der Waals surface area contributed by atoms with Crippen molar-refractivity contribution >= 4 is 15.9 Å². The predicted octanol–water partition coefficient (Wildman–Crippen LogP) is 4.86. The van der Waals surface area contributed by atoms with Crippen LogP contribution in [0.4, 0.5) is 0 Å². The second kappa shape index (κ2) is 7.62. The Bertz CT molecular complexity index is 580. The zero-order chi connectivity index (χ0) is 15.2. The van der Waals surface area contributed by atoms with Crippen LogP contribution in [0.1, 0.15) is 36.1 Å². The molecule has 2 aromatic rings. The minimum atomic E-state index is 0.183. The van der Waals surface area contributed by atoms with Gasteiger partial charge >= 0.3 is 0 Å². The summed E-state index contributed by atoms with van der Waals surface area (Å²) in [4.78, 5) is 0. The molecule has 112 valence electrons. The highest BCUT2D eigenvalue weighted by atomic mass is 79.9. The van der Waals surface area contributed by atoms with E-state index in [9.17, 15) is 0 Å². The van der Waals surface area contributed by atoms with E-state index >= 15 is 0 Å². The minimum Gasteiger partial charge on any atom is -0.494 e. The molecule has 0 bridgehead atoms. The molecule has 2 aromatic carbocycles. The van der Waals surface area contributed by atoms with Crippen LogP contribution in [0.25, 0.3) is 0 Å². The number of rotatable bonds is 6. The van der Waals surface area contributed by atoms with Gasteiger partial charge in [-0.25, -0.2) is 0 Å². The van der Waals surface area contributed by atoms with Gasteiger partial charge in [0.05, 0.1) is 12.6 Å². The van der Waals surface area contributed by atoms with Crippen molar-refractivity contribution in [2.45, 2.75) is 26.3 Å². The minimum absolute atomic E-state index is 0.183. The lowest BCUT2D eigenvalue weighted by atomic mass is 9.98. The highest BCUT2D eigenvalue weighted by molar-refractivity contribution is 9.10. The maximum Gasteiger partial charge on any atom is 0.119 e. The van der Waals surface area contributed by atoms with Gasteiger partial charge in [-0.3, -0.25) is 0 Å². The van der Waals surface area contributed by atoms with Crippen molar-refractivity contribution in [1.82, 2.24) is 5.32 Å². The molecule has 2 nitrogen and oxygen atoms in total. The molecule has 0 aliphatic carbocycles. The van der Waals surface area contributed by atoms with Gasteiger partial charge < -0.3 is 10.1 Å². The lowest BCUT2D eigenvalue weighted by Crippen LogP contribution is -2.17. The molecular weight excluding hydrogens is 326 g/mol. The first kappa shape index (κ1) is 16.1. The van der Waals surface area contributed by atoms with E-state index in [2.05, 4.69) is 65.4 Å². The van der Waals surface area contributed by atoms with E-state index in [4.69, 9.17) is 4.74 Å². The van der Waals surface area contributed by atoms with Crippen molar-refractivity contribution in [3.63, 3.8) is 0 Å². The molecule has 0 fully saturated rings. The van der Waals surface area contributed by atoms with Crippen LogP contribution >= 0.6 is 15.9 Å². The Kier molecular flexibility index (Phi) is 5.83. The van der Waals surface area contributed by atoms with Crippen molar-refractivity contribution in [2.75, 3.05) is 13.7 Å². The molecule has 0 heterocycles. The summed E-state index contributed by atoms with van der Waals surface area (Å²) in [6.07, 6.45) is 1.03. The summed E-state index contributed by atoms with van der Waals surface area (Å²) in [5.74, 6) is 0.931. The lowest BCUT2D eigenvalue weighted by molar-refractivity contribution is 0.317. The summed E-state index contributed by atoms with van der Waals surface area (Å²) >= 11 is 3.61. The van der Waals surface area contributed by atoms with Gasteiger partial charge in [0.15, 0.2) is 0 Å². The Morgan fingerprint density at radius 1 is 1.10 bits per heavy atom. The Hall–Kier alpha value is -1.32. The molecule has 0 saturated heterocycles. The fraction of sp³-hybridized carbons (Fsp3) is 0.333. The summed E-state index contributed by atoms with van der Waals surface area (Å²) < 4.78 is 6.78. The third kappa shape index (κ3) is 4.08. The fourth-order valence-electron chi connectivity index (χ4n) is 2.29. The molecule has 21 heavy (non-hydrogen) atoms. The first-order valence-corrected chi connectivity index (χ1v) is 8.11. The number of nitrogens with one attached hydrogen (secondary N) is 1. The van der Waals surface area contributed by atoms with Crippen molar-refractivity contribution in [1.29, 1.82) is 0 Å². The third-order valence-electron chi connectivity index (χ3n) is 3.50. The Morgan fingerprint density at radius 3 is 2.33 bits per heavy atom. The molecule has 3 heteroatoms. The largest absolute Gasteiger partial charge is 0.494 e. The van der Waals surface area contributed by atoms with Gasteiger partial charge in [-0.1, -0.05) is 47.1 Å². The molecule has 2 rings (SSSR count). The van der Waals surface area contributed by atoms with Gasteiger partial charge in [0.25, 0.3) is 0 Å². The maximum absolute atomic E-state index is 5.64. The van der Waals surface area contributed by atoms with Crippen molar-refractivity contribution in [2.24, 2.45) is 0 Å². The number of benzene rings is 2. The Balaban J connectivity index is 2.22. The first-order chi connectivity index (χ1) is 10.2. The van der Waals surface area contributed by atoms with Gasteiger partial charge in [0, 0.05) is 4.47 Å². The van der Waals surface area contributed by atoms with Crippen LogP contribution in [0.15, 0.2) is 46.9 Å². The Labute approximate surface area is 135 Å². The smallest absolute Gasteiger partial charge is 0.119 e. The third-order valence-corrected chi connectivity index (χ3v) is 4.36.